The minimum atomic E-state index is -2.61. The monoisotopic (exact) mass is 495 g/mol. The number of carbonyl (C=O) groups is 3. The molecule has 1 unspecified atom stereocenters. The van der Waals surface area contributed by atoms with E-state index in [1.54, 1.807) is 6.07 Å². The number of nitrogens with two attached hydrogens (primary N) is 1. The van der Waals surface area contributed by atoms with Crippen molar-refractivity contribution in [3.63, 3.8) is 0 Å². The van der Waals surface area contributed by atoms with Crippen LogP contribution in [-0.2, 0) is 16.0 Å². The molecular weight excluding hydrogens is 466 g/mol. The Hall–Kier alpha value is -3.21. The van der Waals surface area contributed by atoms with Gasteiger partial charge in [0, 0.05) is 17.0 Å². The minimum absolute atomic E-state index is 0.0506. The predicted octanol–water partition coefficient (Wildman–Crippen LogP) is 0.689. The number of allylic oxidation sites excluding steroid dienone is 1. The first-order valence-corrected chi connectivity index (χ1v) is 12.3. The molecule has 10 nitrogen and oxygen atoms in total. The lowest BCUT2D eigenvalue weighted by molar-refractivity contribution is -0.159. The van der Waals surface area contributed by atoms with Crippen molar-refractivity contribution in [2.75, 3.05) is 20.1 Å². The fraction of sp³-hybridized carbons (Fsp3) is 0.500. The van der Waals surface area contributed by atoms with E-state index in [2.05, 4.69) is 10.2 Å². The zero-order valence-electron chi connectivity index (χ0n) is 19.9. The van der Waals surface area contributed by atoms with E-state index in [9.17, 15) is 34.8 Å². The molecule has 2 saturated heterocycles. The molecule has 3 aliphatic carbocycles. The fourth-order valence-electron chi connectivity index (χ4n) is 7.60. The first-order valence-electron chi connectivity index (χ1n) is 12.3. The smallest absolute Gasteiger partial charge is 0.255 e. The summed E-state index contributed by atoms with van der Waals surface area (Å²) in [5.41, 5.74) is 2.08. The number of aromatic hydroxyl groups is 1. The number of nitrogens with zero attached hydrogens (tertiary/aromatic N) is 1. The van der Waals surface area contributed by atoms with Gasteiger partial charge in [-0.3, -0.25) is 19.3 Å². The summed E-state index contributed by atoms with van der Waals surface area (Å²) < 4.78 is 0. The van der Waals surface area contributed by atoms with Gasteiger partial charge in [-0.2, -0.15) is 0 Å². The van der Waals surface area contributed by atoms with Gasteiger partial charge in [0.1, 0.15) is 22.8 Å². The van der Waals surface area contributed by atoms with Crippen molar-refractivity contribution in [1.82, 2.24) is 10.2 Å². The number of fused-ring (bicyclic) bond motifs is 2. The number of aliphatic hydroxyl groups excluding tert-OH is 2. The molecule has 1 aromatic rings. The highest BCUT2D eigenvalue weighted by atomic mass is 16.4. The molecule has 1 aromatic carbocycles. The number of likely N-dealkylation sites (tertiary alicyclic amines) is 1. The molecule has 1 spiro atoms. The molecule has 2 aliphatic heterocycles. The number of nitrogens with one attached hydrogen (secondary N) is 1. The number of rotatable bonds is 2. The molecule has 1 amide bonds. The van der Waals surface area contributed by atoms with E-state index in [1.165, 1.54) is 0 Å². The average molecular weight is 496 g/mol. The first kappa shape index (κ1) is 23.2. The summed E-state index contributed by atoms with van der Waals surface area (Å²) in [5.74, 6) is -5.21. The number of phenols is 1. The van der Waals surface area contributed by atoms with E-state index in [-0.39, 0.29) is 35.8 Å². The number of aliphatic hydroxyl groups is 3. The highest BCUT2D eigenvalue weighted by molar-refractivity contribution is 6.25. The van der Waals surface area contributed by atoms with Crippen LogP contribution in [0.15, 0.2) is 34.8 Å². The number of carbonyl (C=O) groups excluding carboxylic acids is 3. The van der Waals surface area contributed by atoms with Crippen LogP contribution in [-0.4, -0.2) is 74.6 Å². The van der Waals surface area contributed by atoms with Crippen molar-refractivity contribution in [2.24, 2.45) is 17.1 Å². The predicted molar refractivity (Wildman–Crippen MR) is 126 cm³/mol. The van der Waals surface area contributed by atoms with E-state index in [0.29, 0.717) is 18.5 Å². The topological polar surface area (TPSA) is 173 Å². The molecule has 6 rings (SSSR count). The largest absolute Gasteiger partial charge is 0.510 e. The summed E-state index contributed by atoms with van der Waals surface area (Å²) >= 11 is 0. The van der Waals surface area contributed by atoms with Crippen LogP contribution in [0.2, 0.25) is 0 Å². The number of phenolic OH excluding ortho intramolecular Hbond substituents is 1. The third kappa shape index (κ3) is 2.64. The van der Waals surface area contributed by atoms with E-state index in [1.807, 2.05) is 13.1 Å². The second-order valence-corrected chi connectivity index (χ2v) is 10.9. The number of Topliss-reactive ketones (excluding diaryl/α,β-unsaturated/α-hetero) is 2. The second-order valence-electron chi connectivity index (χ2n) is 10.9. The van der Waals surface area contributed by atoms with Gasteiger partial charge in [0.25, 0.3) is 5.91 Å². The molecule has 10 heteroatoms. The third-order valence-corrected chi connectivity index (χ3v) is 9.21. The summed E-state index contributed by atoms with van der Waals surface area (Å²) in [6.45, 7) is 1.26. The van der Waals surface area contributed by atoms with Gasteiger partial charge in [-0.05, 0) is 75.4 Å². The molecule has 0 aromatic heterocycles. The first-order chi connectivity index (χ1) is 17.0. The second kappa shape index (κ2) is 7.41. The number of benzene rings is 1. The Labute approximate surface area is 207 Å². The fourth-order valence-corrected chi connectivity index (χ4v) is 7.60. The third-order valence-electron chi connectivity index (χ3n) is 9.21. The van der Waals surface area contributed by atoms with Crippen molar-refractivity contribution in [2.45, 2.75) is 49.8 Å². The molecule has 36 heavy (non-hydrogen) atoms. The molecule has 0 radical (unpaired) electrons. The van der Waals surface area contributed by atoms with Crippen LogP contribution in [0.5, 0.6) is 5.75 Å². The van der Waals surface area contributed by atoms with Crippen LogP contribution >= 0.6 is 0 Å². The highest BCUT2D eigenvalue weighted by Crippen LogP contribution is 2.61. The van der Waals surface area contributed by atoms with Gasteiger partial charge in [0.05, 0.1) is 11.6 Å². The van der Waals surface area contributed by atoms with Gasteiger partial charge in [-0.15, -0.1) is 0 Å². The lowest BCUT2D eigenvalue weighted by atomic mass is 9.50. The SMILES string of the molecule is CN1CCCC1c1cc(O)c2c(c1)C[C@H]1C[C@@]34CCN[C@@H]3C(O)=C(C(N)=O)C(=O)[C@@]4(O)C(O)=C1C2=O. The highest BCUT2D eigenvalue weighted by Gasteiger charge is 2.72. The standard InChI is InChI=1S/C26H29N3O7/c1-29-6-2-3-14(29)11-7-12-8-13-10-25-4-5-28-21(25)20(32)18(24(27)35)23(34)26(25,36)22(33)17(13)19(31)16(12)15(30)9-11/h7,9,13-14,21,28,30,32-33,36H,2-6,8,10H2,1H3,(H2,27,35)/t13-,14?,21+,25-,26-/m0/s1. The Kier molecular flexibility index (Phi) is 4.77. The zero-order valence-corrected chi connectivity index (χ0v) is 19.9. The molecule has 5 atom stereocenters. The molecule has 0 bridgehead atoms. The molecule has 190 valence electrons. The Bertz CT molecular complexity index is 1320. The van der Waals surface area contributed by atoms with Crippen molar-refractivity contribution in [3.05, 3.63) is 51.5 Å². The van der Waals surface area contributed by atoms with Crippen LogP contribution in [0.1, 0.15) is 53.2 Å². The van der Waals surface area contributed by atoms with E-state index in [4.69, 9.17) is 5.73 Å². The number of amides is 1. The minimum Gasteiger partial charge on any atom is -0.510 e. The lowest BCUT2D eigenvalue weighted by Crippen LogP contribution is -2.68. The Morgan fingerprint density at radius 1 is 1.22 bits per heavy atom. The van der Waals surface area contributed by atoms with Gasteiger partial charge in [0.15, 0.2) is 11.4 Å². The van der Waals surface area contributed by atoms with Crippen molar-refractivity contribution in [3.8, 4) is 5.75 Å². The molecular formula is C26H29N3O7. The lowest BCUT2D eigenvalue weighted by Gasteiger charge is -2.54. The molecule has 5 aliphatic rings. The van der Waals surface area contributed by atoms with Crippen LogP contribution in [0.4, 0.5) is 0 Å². The molecule has 2 fully saturated rings. The van der Waals surface area contributed by atoms with Crippen molar-refractivity contribution < 1.29 is 34.8 Å². The Morgan fingerprint density at radius 3 is 2.64 bits per heavy atom. The van der Waals surface area contributed by atoms with Gasteiger partial charge >= 0.3 is 0 Å². The maximum absolute atomic E-state index is 13.7. The number of hydrogen-bond acceptors (Lipinski definition) is 9. The average Bonchev–Trinajstić information content (AvgIpc) is 3.43. The summed E-state index contributed by atoms with van der Waals surface area (Å²) in [5, 5.41) is 48.0. The number of primary amides is 1. The van der Waals surface area contributed by atoms with Crippen LogP contribution in [0.3, 0.4) is 0 Å². The van der Waals surface area contributed by atoms with E-state index < -0.39 is 57.5 Å². The van der Waals surface area contributed by atoms with Gasteiger partial charge in [0.2, 0.25) is 5.78 Å². The molecule has 2 heterocycles. The van der Waals surface area contributed by atoms with Crippen molar-refractivity contribution in [1.29, 1.82) is 0 Å². The van der Waals surface area contributed by atoms with Crippen molar-refractivity contribution >= 4 is 17.5 Å². The zero-order chi connectivity index (χ0) is 25.7. The quantitative estimate of drug-likeness (QED) is 0.323. The van der Waals surface area contributed by atoms with Gasteiger partial charge in [-0.25, -0.2) is 0 Å². The number of hydrogen-bond donors (Lipinski definition) is 6. The van der Waals surface area contributed by atoms with Crippen LogP contribution in [0.25, 0.3) is 0 Å². The summed E-state index contributed by atoms with van der Waals surface area (Å²) in [4.78, 5) is 41.4. The van der Waals surface area contributed by atoms with E-state index in [0.717, 1.165) is 24.9 Å². The van der Waals surface area contributed by atoms with Gasteiger partial charge < -0.3 is 31.5 Å². The molecule has 0 saturated carbocycles. The van der Waals surface area contributed by atoms with E-state index >= 15 is 0 Å². The van der Waals surface area contributed by atoms with Gasteiger partial charge in [-0.1, -0.05) is 6.07 Å². The van der Waals surface area contributed by atoms with Crippen LogP contribution < -0.4 is 11.1 Å². The Morgan fingerprint density at radius 2 is 1.97 bits per heavy atom. The number of ketones is 2. The normalized spacial score (nSPS) is 36.0. The summed E-state index contributed by atoms with van der Waals surface area (Å²) in [6.07, 6.45) is 2.63. The van der Waals surface area contributed by atoms with Crippen LogP contribution in [0, 0.1) is 11.3 Å². The summed E-state index contributed by atoms with van der Waals surface area (Å²) in [6, 6.07) is 2.65. The maximum Gasteiger partial charge on any atom is 0.255 e. The molecule has 7 N–H and O–H groups in total. The Balaban J connectivity index is 1.52. The summed E-state index contributed by atoms with van der Waals surface area (Å²) in [7, 11) is 2.02. The maximum atomic E-state index is 13.7.